The topological polar surface area (TPSA) is 75.2 Å². The Hall–Kier alpha value is -2.36. The fraction of sp³-hybridized carbons (Fsp3) is 0.480. The fourth-order valence-electron chi connectivity index (χ4n) is 3.74. The minimum Gasteiger partial charge on any atom is -0.416 e. The lowest BCUT2D eigenvalue weighted by Crippen LogP contribution is -2.42. The lowest BCUT2D eigenvalue weighted by atomic mass is 10.1. The monoisotopic (exact) mass is 501 g/mol. The summed E-state index contributed by atoms with van der Waals surface area (Å²) in [7, 11) is 1.16. The predicted molar refractivity (Wildman–Crippen MR) is 143 cm³/mol. The minimum atomic E-state index is -2.01. The zero-order valence-electron chi connectivity index (χ0n) is 21.3. The summed E-state index contributed by atoms with van der Waals surface area (Å²) < 4.78 is 11.1. The number of carbonyl (C=O) groups is 1. The summed E-state index contributed by atoms with van der Waals surface area (Å²) in [6.07, 6.45) is 1.85. The van der Waals surface area contributed by atoms with Crippen molar-refractivity contribution < 1.29 is 9.22 Å². The first kappa shape index (κ1) is 26.2. The van der Waals surface area contributed by atoms with Gasteiger partial charge in [-0.3, -0.25) is 18.7 Å². The van der Waals surface area contributed by atoms with Gasteiger partial charge in [-0.2, -0.15) is 0 Å². The molecule has 9 heteroatoms. The van der Waals surface area contributed by atoms with Crippen LogP contribution in [0, 0.1) is 0 Å². The summed E-state index contributed by atoms with van der Waals surface area (Å²) in [6, 6.07) is 9.68. The number of hydrogen-bond donors (Lipinski definition) is 0. The van der Waals surface area contributed by atoms with E-state index in [9.17, 15) is 14.4 Å². The van der Waals surface area contributed by atoms with E-state index in [2.05, 4.69) is 33.9 Å². The van der Waals surface area contributed by atoms with Gasteiger partial charge in [-0.05, 0) is 23.7 Å². The fourth-order valence-corrected chi connectivity index (χ4v) is 5.75. The van der Waals surface area contributed by atoms with Crippen LogP contribution in [0.25, 0.3) is 22.2 Å². The van der Waals surface area contributed by atoms with E-state index in [-0.39, 0.29) is 26.7 Å². The highest BCUT2D eigenvalue weighted by molar-refractivity contribution is 8.14. The van der Waals surface area contributed by atoms with Gasteiger partial charge in [-0.1, -0.05) is 62.9 Å². The molecule has 0 aliphatic carbocycles. The van der Waals surface area contributed by atoms with Crippen LogP contribution in [0.15, 0.2) is 46.1 Å². The van der Waals surface area contributed by atoms with Crippen molar-refractivity contribution in [3.05, 3.63) is 57.4 Å². The minimum absolute atomic E-state index is 0.0186. The molecule has 2 heterocycles. The van der Waals surface area contributed by atoms with Crippen LogP contribution in [0.5, 0.6) is 0 Å². The maximum absolute atomic E-state index is 13.2. The molecular weight excluding hydrogens is 466 g/mol. The Bertz CT molecular complexity index is 1320. The summed E-state index contributed by atoms with van der Waals surface area (Å²) in [5.41, 5.74) is 1.50. The standard InChI is InChI=1S/C25H35N3O4SSi/c1-17(29)33-19(16-32-34(7,8)25(2,3)4)14-28-15-20-21(22(28)18-12-10-9-11-13-18)23(30)27(6)24(31)26(20)5/h9-13,15,19H,14,16H2,1-8H3. The first-order chi connectivity index (χ1) is 15.7. The van der Waals surface area contributed by atoms with Crippen LogP contribution in [0.3, 0.4) is 0 Å². The number of benzene rings is 1. The number of aromatic nitrogens is 3. The third kappa shape index (κ3) is 5.16. The van der Waals surface area contributed by atoms with Crippen molar-refractivity contribution in [1.29, 1.82) is 0 Å². The summed E-state index contributed by atoms with van der Waals surface area (Å²) in [5, 5.41) is 0.426. The molecule has 0 aliphatic heterocycles. The molecular formula is C25H35N3O4SSi. The van der Waals surface area contributed by atoms with E-state index in [4.69, 9.17) is 4.43 Å². The van der Waals surface area contributed by atoms with Crippen LogP contribution in [0.2, 0.25) is 18.1 Å². The molecule has 1 unspecified atom stereocenters. The van der Waals surface area contributed by atoms with Crippen LogP contribution >= 0.6 is 11.8 Å². The van der Waals surface area contributed by atoms with E-state index in [0.29, 0.717) is 24.1 Å². The second kappa shape index (κ2) is 9.71. The van der Waals surface area contributed by atoms with Crippen LogP contribution in [-0.2, 0) is 29.9 Å². The molecule has 0 fully saturated rings. The Balaban J connectivity index is 2.14. The highest BCUT2D eigenvalue weighted by atomic mass is 32.2. The largest absolute Gasteiger partial charge is 0.416 e. The predicted octanol–water partition coefficient (Wildman–Crippen LogP) is 4.38. The summed E-state index contributed by atoms with van der Waals surface area (Å²) >= 11 is 1.26. The Morgan fingerprint density at radius 2 is 1.71 bits per heavy atom. The number of rotatable bonds is 7. The maximum Gasteiger partial charge on any atom is 0.330 e. The van der Waals surface area contributed by atoms with Crippen molar-refractivity contribution in [3.63, 3.8) is 0 Å². The molecule has 2 aromatic heterocycles. The Morgan fingerprint density at radius 3 is 2.26 bits per heavy atom. The number of carbonyl (C=O) groups excluding carboxylic acids is 1. The molecule has 0 amide bonds. The molecule has 0 aliphatic rings. The van der Waals surface area contributed by atoms with Gasteiger partial charge in [0.1, 0.15) is 0 Å². The molecule has 34 heavy (non-hydrogen) atoms. The molecule has 0 saturated heterocycles. The van der Waals surface area contributed by atoms with Gasteiger partial charge in [-0.15, -0.1) is 0 Å². The van der Waals surface area contributed by atoms with Gasteiger partial charge in [0.2, 0.25) is 0 Å². The molecule has 3 rings (SSSR count). The van der Waals surface area contributed by atoms with E-state index in [1.807, 2.05) is 41.1 Å². The Kier molecular flexibility index (Phi) is 7.50. The summed E-state index contributed by atoms with van der Waals surface area (Å²) in [6.45, 7) is 13.4. The second-order valence-corrected chi connectivity index (χ2v) is 16.6. The van der Waals surface area contributed by atoms with Crippen molar-refractivity contribution >= 4 is 36.1 Å². The average molecular weight is 502 g/mol. The van der Waals surface area contributed by atoms with Crippen molar-refractivity contribution in [2.75, 3.05) is 6.61 Å². The first-order valence-electron chi connectivity index (χ1n) is 11.4. The van der Waals surface area contributed by atoms with E-state index >= 15 is 0 Å². The summed E-state index contributed by atoms with van der Waals surface area (Å²) in [5.74, 6) is 0. The maximum atomic E-state index is 13.2. The normalized spacial score (nSPS) is 13.4. The van der Waals surface area contributed by atoms with Crippen LogP contribution in [0.1, 0.15) is 27.7 Å². The number of hydrogen-bond acceptors (Lipinski definition) is 5. The van der Waals surface area contributed by atoms with E-state index in [1.54, 1.807) is 14.0 Å². The zero-order valence-corrected chi connectivity index (χ0v) is 23.2. The van der Waals surface area contributed by atoms with Crippen molar-refractivity contribution in [2.45, 2.75) is 57.6 Å². The molecule has 7 nitrogen and oxygen atoms in total. The smallest absolute Gasteiger partial charge is 0.330 e. The second-order valence-electron chi connectivity index (χ2n) is 10.3. The lowest BCUT2D eigenvalue weighted by molar-refractivity contribution is -0.109. The quantitative estimate of drug-likeness (QED) is 0.449. The molecule has 0 N–H and O–H groups in total. The molecule has 0 bridgehead atoms. The van der Waals surface area contributed by atoms with Crippen LogP contribution in [0.4, 0.5) is 0 Å². The van der Waals surface area contributed by atoms with Gasteiger partial charge < -0.3 is 8.99 Å². The molecule has 0 radical (unpaired) electrons. The van der Waals surface area contributed by atoms with Crippen molar-refractivity contribution in [1.82, 2.24) is 13.7 Å². The third-order valence-corrected chi connectivity index (χ3v) is 12.2. The average Bonchev–Trinajstić information content (AvgIpc) is 3.13. The zero-order chi connectivity index (χ0) is 25.4. The Labute approximate surface area is 205 Å². The van der Waals surface area contributed by atoms with Gasteiger partial charge >= 0.3 is 5.69 Å². The van der Waals surface area contributed by atoms with E-state index in [1.165, 1.54) is 23.4 Å². The molecule has 1 aromatic carbocycles. The van der Waals surface area contributed by atoms with Crippen LogP contribution < -0.4 is 11.2 Å². The van der Waals surface area contributed by atoms with Gasteiger partial charge in [0, 0.05) is 40.4 Å². The number of nitrogens with zero attached hydrogens (tertiary/aromatic N) is 3. The van der Waals surface area contributed by atoms with Crippen LogP contribution in [-0.4, -0.2) is 39.0 Å². The van der Waals surface area contributed by atoms with Gasteiger partial charge in [0.25, 0.3) is 5.56 Å². The summed E-state index contributed by atoms with van der Waals surface area (Å²) in [4.78, 5) is 37.9. The van der Waals surface area contributed by atoms with Gasteiger partial charge in [0.05, 0.1) is 21.8 Å². The molecule has 3 aromatic rings. The van der Waals surface area contributed by atoms with Crippen molar-refractivity contribution in [2.24, 2.45) is 14.1 Å². The Morgan fingerprint density at radius 1 is 1.09 bits per heavy atom. The van der Waals surface area contributed by atoms with Crippen molar-refractivity contribution in [3.8, 4) is 11.3 Å². The molecule has 184 valence electrons. The van der Waals surface area contributed by atoms with Gasteiger partial charge in [0.15, 0.2) is 13.4 Å². The number of aryl methyl sites for hydroxylation is 1. The molecule has 1 atom stereocenters. The highest BCUT2D eigenvalue weighted by Crippen LogP contribution is 2.37. The lowest BCUT2D eigenvalue weighted by Gasteiger charge is -2.37. The SMILES string of the molecule is CC(=O)SC(CO[Si](C)(C)C(C)(C)C)Cn1cc2c(c1-c1ccccc1)c(=O)n(C)c(=O)n2C. The highest BCUT2D eigenvalue weighted by Gasteiger charge is 2.38. The molecule has 0 saturated carbocycles. The van der Waals surface area contributed by atoms with Gasteiger partial charge in [-0.25, -0.2) is 4.79 Å². The van der Waals surface area contributed by atoms with E-state index in [0.717, 1.165) is 15.8 Å². The number of thioether (sulfide) groups is 1. The molecule has 0 spiro atoms. The third-order valence-electron chi connectivity index (χ3n) is 6.73. The number of fused-ring (bicyclic) bond motifs is 1. The first-order valence-corrected chi connectivity index (χ1v) is 15.2. The van der Waals surface area contributed by atoms with E-state index < -0.39 is 8.32 Å².